The molecule has 1 heterocycles. The standard InChI is InChI=1S/C14H17F2NO3/c15-12-7-10(9-19)8-13(16)14(12)17-3-1-11(2-4-17)20-6-5-18/h7-9,11,18H,1-6H2. The average Bonchev–Trinajstić information content (AvgIpc) is 2.45. The summed E-state index contributed by atoms with van der Waals surface area (Å²) >= 11 is 0. The second kappa shape index (κ2) is 6.76. The Morgan fingerprint density at radius 2 is 1.90 bits per heavy atom. The van der Waals surface area contributed by atoms with Crippen LogP contribution in [0, 0.1) is 11.6 Å². The van der Waals surface area contributed by atoms with Crippen molar-refractivity contribution in [3.63, 3.8) is 0 Å². The molecule has 0 atom stereocenters. The molecular weight excluding hydrogens is 268 g/mol. The Labute approximate surface area is 116 Å². The van der Waals surface area contributed by atoms with E-state index in [1.807, 2.05) is 0 Å². The predicted octanol–water partition coefficient (Wildman–Crippen LogP) is 1.76. The molecule has 1 saturated heterocycles. The van der Waals surface area contributed by atoms with Gasteiger partial charge in [0.15, 0.2) is 0 Å². The van der Waals surface area contributed by atoms with Crippen LogP contribution in [0.1, 0.15) is 23.2 Å². The molecule has 20 heavy (non-hydrogen) atoms. The lowest BCUT2D eigenvalue weighted by Gasteiger charge is -2.33. The summed E-state index contributed by atoms with van der Waals surface area (Å²) in [5.41, 5.74) is -0.0962. The zero-order chi connectivity index (χ0) is 14.5. The molecule has 6 heteroatoms. The number of piperidine rings is 1. The summed E-state index contributed by atoms with van der Waals surface area (Å²) in [6, 6.07) is 2.08. The number of aliphatic hydroxyl groups is 1. The molecule has 0 unspecified atom stereocenters. The summed E-state index contributed by atoms with van der Waals surface area (Å²) in [5.74, 6) is -1.44. The van der Waals surface area contributed by atoms with Gasteiger partial charge in [-0.3, -0.25) is 4.79 Å². The quantitative estimate of drug-likeness (QED) is 0.837. The lowest BCUT2D eigenvalue weighted by atomic mass is 10.1. The van der Waals surface area contributed by atoms with E-state index in [4.69, 9.17) is 9.84 Å². The van der Waals surface area contributed by atoms with Crippen molar-refractivity contribution in [3.8, 4) is 0 Å². The van der Waals surface area contributed by atoms with Crippen molar-refractivity contribution < 1.29 is 23.4 Å². The van der Waals surface area contributed by atoms with Crippen molar-refractivity contribution in [1.29, 1.82) is 0 Å². The largest absolute Gasteiger partial charge is 0.394 e. The second-order valence-electron chi connectivity index (χ2n) is 4.73. The fourth-order valence-corrected chi connectivity index (χ4v) is 2.42. The van der Waals surface area contributed by atoms with Crippen LogP contribution in [0.3, 0.4) is 0 Å². The molecule has 0 bridgehead atoms. The number of carbonyl (C=O) groups excluding carboxylic acids is 1. The van der Waals surface area contributed by atoms with Gasteiger partial charge in [0.05, 0.1) is 19.3 Å². The normalized spacial score (nSPS) is 16.4. The van der Waals surface area contributed by atoms with Gasteiger partial charge in [-0.05, 0) is 25.0 Å². The molecule has 1 aromatic carbocycles. The van der Waals surface area contributed by atoms with E-state index in [-0.39, 0.29) is 30.6 Å². The van der Waals surface area contributed by atoms with Crippen LogP contribution in [0.25, 0.3) is 0 Å². The highest BCUT2D eigenvalue weighted by Gasteiger charge is 2.24. The minimum absolute atomic E-state index is 0.00934. The minimum atomic E-state index is -0.721. The maximum atomic E-state index is 13.9. The molecule has 0 radical (unpaired) electrons. The number of carbonyl (C=O) groups is 1. The summed E-state index contributed by atoms with van der Waals surface area (Å²) in [4.78, 5) is 12.2. The first-order valence-corrected chi connectivity index (χ1v) is 6.57. The van der Waals surface area contributed by atoms with Crippen LogP contribution in [0.5, 0.6) is 0 Å². The number of nitrogens with zero attached hydrogens (tertiary/aromatic N) is 1. The maximum absolute atomic E-state index is 13.9. The Kier molecular flexibility index (Phi) is 5.03. The van der Waals surface area contributed by atoms with Crippen LogP contribution < -0.4 is 4.90 Å². The van der Waals surface area contributed by atoms with Gasteiger partial charge in [0.1, 0.15) is 23.6 Å². The van der Waals surface area contributed by atoms with Gasteiger partial charge in [0.25, 0.3) is 0 Å². The van der Waals surface area contributed by atoms with E-state index in [1.165, 1.54) is 0 Å². The van der Waals surface area contributed by atoms with Crippen molar-refractivity contribution in [2.24, 2.45) is 0 Å². The predicted molar refractivity (Wildman–Crippen MR) is 70.0 cm³/mol. The number of aliphatic hydroxyl groups excluding tert-OH is 1. The second-order valence-corrected chi connectivity index (χ2v) is 4.73. The van der Waals surface area contributed by atoms with E-state index in [0.717, 1.165) is 12.1 Å². The molecule has 0 saturated carbocycles. The van der Waals surface area contributed by atoms with Crippen molar-refractivity contribution in [2.45, 2.75) is 18.9 Å². The Bertz CT molecular complexity index is 450. The Hall–Kier alpha value is -1.53. The number of halogens is 2. The Balaban J connectivity index is 2.05. The summed E-state index contributed by atoms with van der Waals surface area (Å²) < 4.78 is 33.2. The van der Waals surface area contributed by atoms with Crippen molar-refractivity contribution >= 4 is 12.0 Å². The fourth-order valence-electron chi connectivity index (χ4n) is 2.42. The van der Waals surface area contributed by atoms with Gasteiger partial charge in [0.2, 0.25) is 0 Å². The number of anilines is 1. The number of ether oxygens (including phenoxy) is 1. The molecule has 1 aliphatic heterocycles. The van der Waals surface area contributed by atoms with Crippen molar-refractivity contribution in [3.05, 3.63) is 29.3 Å². The molecule has 1 N–H and O–H groups in total. The number of hydrogen-bond acceptors (Lipinski definition) is 4. The molecule has 0 aliphatic carbocycles. The van der Waals surface area contributed by atoms with Crippen molar-refractivity contribution in [1.82, 2.24) is 0 Å². The van der Waals surface area contributed by atoms with Crippen LogP contribution in [-0.2, 0) is 4.74 Å². The number of hydrogen-bond donors (Lipinski definition) is 1. The highest BCUT2D eigenvalue weighted by molar-refractivity contribution is 5.76. The smallest absolute Gasteiger partial charge is 0.150 e. The SMILES string of the molecule is O=Cc1cc(F)c(N2CCC(OCCO)CC2)c(F)c1. The molecule has 4 nitrogen and oxygen atoms in total. The van der Waals surface area contributed by atoms with Crippen molar-refractivity contribution in [2.75, 3.05) is 31.2 Å². The number of rotatable bonds is 5. The topological polar surface area (TPSA) is 49.8 Å². The van der Waals surface area contributed by atoms with Gasteiger partial charge in [-0.2, -0.15) is 0 Å². The minimum Gasteiger partial charge on any atom is -0.394 e. The van der Waals surface area contributed by atoms with Gasteiger partial charge in [-0.1, -0.05) is 0 Å². The highest BCUT2D eigenvalue weighted by Crippen LogP contribution is 2.28. The summed E-state index contributed by atoms with van der Waals surface area (Å²) in [7, 11) is 0. The molecule has 2 rings (SSSR count). The van der Waals surface area contributed by atoms with E-state index in [1.54, 1.807) is 4.90 Å². The van der Waals surface area contributed by atoms with Gasteiger partial charge in [0, 0.05) is 18.7 Å². The van der Waals surface area contributed by atoms with Gasteiger partial charge in [-0.15, -0.1) is 0 Å². The first-order chi connectivity index (χ1) is 9.65. The Morgan fingerprint density at radius 1 is 1.30 bits per heavy atom. The molecule has 1 aromatic rings. The van der Waals surface area contributed by atoms with Crippen LogP contribution in [-0.4, -0.2) is 43.8 Å². The van der Waals surface area contributed by atoms with E-state index >= 15 is 0 Å². The number of benzene rings is 1. The van der Waals surface area contributed by atoms with E-state index in [0.29, 0.717) is 32.2 Å². The van der Waals surface area contributed by atoms with Crippen LogP contribution in [0.15, 0.2) is 12.1 Å². The highest BCUT2D eigenvalue weighted by atomic mass is 19.1. The van der Waals surface area contributed by atoms with E-state index in [9.17, 15) is 13.6 Å². The first kappa shape index (κ1) is 14.9. The molecule has 110 valence electrons. The van der Waals surface area contributed by atoms with Gasteiger partial charge >= 0.3 is 0 Å². The average molecular weight is 285 g/mol. The first-order valence-electron chi connectivity index (χ1n) is 6.57. The molecular formula is C14H17F2NO3. The summed E-state index contributed by atoms with van der Waals surface area (Å²) in [6.07, 6.45) is 1.73. The molecule has 0 spiro atoms. The monoisotopic (exact) mass is 285 g/mol. The summed E-state index contributed by atoms with van der Waals surface area (Å²) in [6.45, 7) is 1.20. The maximum Gasteiger partial charge on any atom is 0.150 e. The third-order valence-corrected chi connectivity index (χ3v) is 3.38. The van der Waals surface area contributed by atoms with Crippen LogP contribution in [0.4, 0.5) is 14.5 Å². The van der Waals surface area contributed by atoms with Gasteiger partial charge < -0.3 is 14.7 Å². The summed E-state index contributed by atoms with van der Waals surface area (Å²) in [5, 5.41) is 8.69. The van der Waals surface area contributed by atoms with Gasteiger partial charge in [-0.25, -0.2) is 8.78 Å². The number of aldehydes is 1. The lowest BCUT2D eigenvalue weighted by Crippen LogP contribution is -2.38. The third-order valence-electron chi connectivity index (χ3n) is 3.38. The van der Waals surface area contributed by atoms with E-state index < -0.39 is 11.6 Å². The molecule has 0 aromatic heterocycles. The zero-order valence-electron chi connectivity index (χ0n) is 11.0. The fraction of sp³-hybridized carbons (Fsp3) is 0.500. The van der Waals surface area contributed by atoms with Crippen LogP contribution in [0.2, 0.25) is 0 Å². The lowest BCUT2D eigenvalue weighted by molar-refractivity contribution is 0.0158. The zero-order valence-corrected chi connectivity index (χ0v) is 11.0. The van der Waals surface area contributed by atoms with E-state index in [2.05, 4.69) is 0 Å². The third kappa shape index (κ3) is 3.32. The molecule has 0 amide bonds. The van der Waals surface area contributed by atoms with Crippen LogP contribution >= 0.6 is 0 Å². The molecule has 1 aliphatic rings. The Morgan fingerprint density at radius 3 is 2.40 bits per heavy atom. The molecule has 1 fully saturated rings.